The Bertz CT molecular complexity index is 1020. The fourth-order valence-electron chi connectivity index (χ4n) is 3.00. The van der Waals surface area contributed by atoms with E-state index < -0.39 is 10.9 Å². The van der Waals surface area contributed by atoms with E-state index in [1.165, 1.54) is 12.1 Å². The van der Waals surface area contributed by atoms with E-state index >= 15 is 0 Å². The first-order valence-electron chi connectivity index (χ1n) is 8.79. The third-order valence-electron chi connectivity index (χ3n) is 4.55. The van der Waals surface area contributed by atoms with E-state index in [1.807, 2.05) is 19.1 Å². The maximum absolute atomic E-state index is 12.1. The predicted molar refractivity (Wildman–Crippen MR) is 105 cm³/mol. The molecule has 2 aromatic carbocycles. The lowest BCUT2D eigenvalue weighted by molar-refractivity contribution is 0.441. The van der Waals surface area contributed by atoms with E-state index in [-0.39, 0.29) is 34.6 Å². The van der Waals surface area contributed by atoms with Crippen molar-refractivity contribution in [1.82, 2.24) is 4.98 Å². The molecule has 140 valence electrons. The largest absolute Gasteiger partial charge is 0.508 e. The second-order valence-corrected chi connectivity index (χ2v) is 6.21. The highest BCUT2D eigenvalue weighted by Gasteiger charge is 2.25. The van der Waals surface area contributed by atoms with Gasteiger partial charge < -0.3 is 20.8 Å². The first kappa shape index (κ1) is 18.4. The van der Waals surface area contributed by atoms with E-state index in [0.29, 0.717) is 18.4 Å². The molecule has 0 saturated carbocycles. The molecule has 0 fully saturated rings. The van der Waals surface area contributed by atoms with Gasteiger partial charge in [0.05, 0.1) is 17.4 Å². The lowest BCUT2D eigenvalue weighted by atomic mass is 10.1. The molecule has 0 unspecified atom stereocenters. The second kappa shape index (κ2) is 7.49. The van der Waals surface area contributed by atoms with Crippen LogP contribution in [0.2, 0.25) is 0 Å². The number of aromatic hydroxyl groups is 2. The first-order chi connectivity index (χ1) is 13.0. The van der Waals surface area contributed by atoms with E-state index in [4.69, 9.17) is 0 Å². The Morgan fingerprint density at radius 2 is 1.78 bits per heavy atom. The molecule has 0 radical (unpaired) electrons. The minimum absolute atomic E-state index is 0.0231. The number of phenolic OH excluding ortho intramolecular Hbond substituents is 2. The predicted octanol–water partition coefficient (Wildman–Crippen LogP) is 2.96. The number of hydrogen-bond donors (Lipinski definition) is 4. The number of nitrogens with one attached hydrogen (secondary N) is 2. The van der Waals surface area contributed by atoms with Gasteiger partial charge in [-0.1, -0.05) is 19.9 Å². The summed E-state index contributed by atoms with van der Waals surface area (Å²) in [6.45, 7) is 3.74. The molecule has 4 N–H and O–H groups in total. The Morgan fingerprint density at radius 3 is 2.41 bits per heavy atom. The number of pyridine rings is 1. The maximum Gasteiger partial charge on any atom is 0.253 e. The van der Waals surface area contributed by atoms with Crippen LogP contribution in [0, 0.1) is 0 Å². The Hall–Kier alpha value is -3.35. The van der Waals surface area contributed by atoms with E-state index in [2.05, 4.69) is 15.6 Å². The van der Waals surface area contributed by atoms with E-state index in [0.717, 1.165) is 5.69 Å². The van der Waals surface area contributed by atoms with Crippen LogP contribution in [0.1, 0.15) is 37.6 Å². The average Bonchev–Trinajstić information content (AvgIpc) is 2.69. The van der Waals surface area contributed by atoms with Gasteiger partial charge >= 0.3 is 0 Å². The molecule has 1 aromatic heterocycles. The molecule has 0 aliphatic carbocycles. The lowest BCUT2D eigenvalue weighted by Gasteiger charge is -2.21. The summed E-state index contributed by atoms with van der Waals surface area (Å²) in [6.07, 6.45) is 2.75. The molecule has 0 aliphatic heterocycles. The highest BCUT2D eigenvalue weighted by molar-refractivity contribution is 5.81. The number of phenols is 2. The van der Waals surface area contributed by atoms with Gasteiger partial charge in [0.15, 0.2) is 0 Å². The summed E-state index contributed by atoms with van der Waals surface area (Å²) in [6, 6.07) is 8.17. The summed E-state index contributed by atoms with van der Waals surface area (Å²) < 4.78 is 0. The standard InChI is InChI=1S/C20H21N3O4/c1-3-11-15(24)9-8-14(18(11)25)23-17-16(19(26)20(17)27)22-12(4-2)13-7-5-6-10-21-13/h5-10,12,22-25H,3-4H2,1-2H3/t12-/m1/s1. The van der Waals surface area contributed by atoms with Crippen LogP contribution < -0.4 is 21.5 Å². The van der Waals surface area contributed by atoms with Gasteiger partial charge in [-0.2, -0.15) is 0 Å². The number of benzene rings is 1. The van der Waals surface area contributed by atoms with Crippen LogP contribution in [0.5, 0.6) is 11.5 Å². The highest BCUT2D eigenvalue weighted by Crippen LogP contribution is 2.37. The topological polar surface area (TPSA) is 112 Å². The number of nitrogens with zero attached hydrogens (tertiary/aromatic N) is 1. The van der Waals surface area contributed by atoms with E-state index in [1.54, 1.807) is 19.2 Å². The third kappa shape index (κ3) is 3.36. The summed E-state index contributed by atoms with van der Waals surface area (Å²) in [5, 5.41) is 26.0. The van der Waals surface area contributed by atoms with E-state index in [9.17, 15) is 19.8 Å². The van der Waals surface area contributed by atoms with Gasteiger partial charge in [-0.3, -0.25) is 14.6 Å². The molecule has 7 nitrogen and oxygen atoms in total. The van der Waals surface area contributed by atoms with Crippen molar-refractivity contribution in [1.29, 1.82) is 0 Å². The molecular formula is C20H21N3O4. The fraction of sp³-hybridized carbons (Fsp3) is 0.250. The van der Waals surface area contributed by atoms with Gasteiger partial charge in [-0.05, 0) is 37.1 Å². The zero-order valence-electron chi connectivity index (χ0n) is 15.1. The van der Waals surface area contributed by atoms with Gasteiger partial charge in [0.1, 0.15) is 22.9 Å². The maximum atomic E-state index is 12.1. The molecular weight excluding hydrogens is 346 g/mol. The number of rotatable bonds is 7. The molecule has 0 bridgehead atoms. The monoisotopic (exact) mass is 367 g/mol. The molecule has 0 aliphatic rings. The van der Waals surface area contributed by atoms with Crippen LogP contribution in [-0.4, -0.2) is 15.2 Å². The number of hydrogen-bond acceptors (Lipinski definition) is 7. The minimum atomic E-state index is -0.654. The summed E-state index contributed by atoms with van der Waals surface area (Å²) in [5.41, 5.74) is 0.388. The van der Waals surface area contributed by atoms with Crippen molar-refractivity contribution in [2.75, 3.05) is 10.6 Å². The second-order valence-electron chi connectivity index (χ2n) is 6.21. The van der Waals surface area contributed by atoms with Crippen molar-refractivity contribution < 1.29 is 10.2 Å². The van der Waals surface area contributed by atoms with Gasteiger partial charge in [-0.25, -0.2) is 0 Å². The lowest BCUT2D eigenvalue weighted by Crippen LogP contribution is -2.37. The van der Waals surface area contributed by atoms with Gasteiger partial charge in [0.25, 0.3) is 10.9 Å². The van der Waals surface area contributed by atoms with Crippen LogP contribution in [0.4, 0.5) is 17.1 Å². The molecule has 1 heterocycles. The number of aromatic nitrogens is 1. The van der Waals surface area contributed by atoms with Crippen molar-refractivity contribution in [3.63, 3.8) is 0 Å². The van der Waals surface area contributed by atoms with Crippen molar-refractivity contribution >= 4 is 17.1 Å². The summed E-state index contributed by atoms with van der Waals surface area (Å²) >= 11 is 0. The minimum Gasteiger partial charge on any atom is -0.508 e. The van der Waals surface area contributed by atoms with Crippen LogP contribution in [0.25, 0.3) is 0 Å². The Kier molecular flexibility index (Phi) is 5.12. The zero-order valence-corrected chi connectivity index (χ0v) is 15.1. The molecule has 3 aromatic rings. The Labute approximate surface area is 156 Å². The molecule has 0 spiro atoms. The SMILES string of the molecule is CCc1c(O)ccc(Nc2c(N[C@H](CC)c3ccccn3)c(=O)c2=O)c1O. The summed E-state index contributed by atoms with van der Waals surface area (Å²) in [5.74, 6) is -0.168. The Balaban J connectivity index is 1.91. The van der Waals surface area contributed by atoms with Crippen molar-refractivity contribution in [3.05, 3.63) is 68.2 Å². The average molecular weight is 367 g/mol. The molecule has 7 heteroatoms. The van der Waals surface area contributed by atoms with Crippen LogP contribution in [-0.2, 0) is 6.42 Å². The zero-order chi connectivity index (χ0) is 19.6. The van der Waals surface area contributed by atoms with Crippen molar-refractivity contribution in [3.8, 4) is 11.5 Å². The summed E-state index contributed by atoms with van der Waals surface area (Å²) in [7, 11) is 0. The number of anilines is 3. The Morgan fingerprint density at radius 1 is 1.04 bits per heavy atom. The van der Waals surface area contributed by atoms with Crippen LogP contribution in [0.3, 0.4) is 0 Å². The third-order valence-corrected chi connectivity index (χ3v) is 4.55. The van der Waals surface area contributed by atoms with Crippen molar-refractivity contribution in [2.45, 2.75) is 32.7 Å². The molecule has 0 saturated heterocycles. The fourth-order valence-corrected chi connectivity index (χ4v) is 3.00. The van der Waals surface area contributed by atoms with Gasteiger partial charge in [-0.15, -0.1) is 0 Å². The molecule has 27 heavy (non-hydrogen) atoms. The quantitative estimate of drug-likeness (QED) is 0.289. The molecule has 3 rings (SSSR count). The molecule has 1 atom stereocenters. The van der Waals surface area contributed by atoms with Crippen LogP contribution in [0.15, 0.2) is 46.1 Å². The molecule has 0 amide bonds. The normalized spacial score (nSPS) is 12.1. The van der Waals surface area contributed by atoms with Crippen molar-refractivity contribution in [2.24, 2.45) is 0 Å². The summed E-state index contributed by atoms with van der Waals surface area (Å²) in [4.78, 5) is 28.4. The van der Waals surface area contributed by atoms with Crippen LogP contribution >= 0.6 is 0 Å². The highest BCUT2D eigenvalue weighted by atomic mass is 16.3. The van der Waals surface area contributed by atoms with Gasteiger partial charge in [0, 0.05) is 11.8 Å². The van der Waals surface area contributed by atoms with Gasteiger partial charge in [0.2, 0.25) is 0 Å². The first-order valence-corrected chi connectivity index (χ1v) is 8.79. The smallest absolute Gasteiger partial charge is 0.253 e.